The molecule has 1 atom stereocenters. The maximum atomic E-state index is 12.6. The summed E-state index contributed by atoms with van der Waals surface area (Å²) in [7, 11) is 4.00. The standard InChI is InChI=1S/C26H27ClN4O2/c1-30(2)20-13-11-19(12-14-20)24(31-16-15-18-7-3-6-10-23(18)31)17-28-25(32)26(33)29-22-9-5-4-8-21(22)27/h3-14,24H,15-17H2,1-2H3,(H,28,32)(H,29,33). The van der Waals surface area contributed by atoms with E-state index in [2.05, 4.69) is 51.9 Å². The first-order valence-corrected chi connectivity index (χ1v) is 11.3. The van der Waals surface area contributed by atoms with Crippen LogP contribution in [0.4, 0.5) is 17.1 Å². The highest BCUT2D eigenvalue weighted by molar-refractivity contribution is 6.41. The van der Waals surface area contributed by atoms with E-state index >= 15 is 0 Å². The molecule has 7 heteroatoms. The van der Waals surface area contributed by atoms with Crippen LogP contribution in [0, 0.1) is 0 Å². The molecular weight excluding hydrogens is 436 g/mol. The van der Waals surface area contributed by atoms with Gasteiger partial charge in [0.2, 0.25) is 0 Å². The van der Waals surface area contributed by atoms with Gasteiger partial charge < -0.3 is 20.4 Å². The lowest BCUT2D eigenvalue weighted by Crippen LogP contribution is -2.41. The Morgan fingerprint density at radius 3 is 2.39 bits per heavy atom. The first-order valence-electron chi connectivity index (χ1n) is 10.9. The number of amides is 2. The minimum absolute atomic E-state index is 0.109. The lowest BCUT2D eigenvalue weighted by atomic mass is 10.0. The predicted octanol–water partition coefficient (Wildman–Crippen LogP) is 4.26. The number of nitrogens with zero attached hydrogens (tertiary/aromatic N) is 2. The molecule has 1 aliphatic heterocycles. The van der Waals surface area contributed by atoms with Gasteiger partial charge in [0.15, 0.2) is 0 Å². The Labute approximate surface area is 199 Å². The van der Waals surface area contributed by atoms with Crippen LogP contribution >= 0.6 is 11.6 Å². The van der Waals surface area contributed by atoms with Crippen LogP contribution in [0.1, 0.15) is 17.2 Å². The summed E-state index contributed by atoms with van der Waals surface area (Å²) < 4.78 is 0. The van der Waals surface area contributed by atoms with Gasteiger partial charge in [-0.15, -0.1) is 0 Å². The minimum Gasteiger partial charge on any atom is -0.378 e. The normalized spacial score (nSPS) is 13.2. The maximum absolute atomic E-state index is 12.6. The highest BCUT2D eigenvalue weighted by atomic mass is 35.5. The summed E-state index contributed by atoms with van der Waals surface area (Å²) in [4.78, 5) is 29.4. The van der Waals surface area contributed by atoms with Gasteiger partial charge in [-0.25, -0.2) is 0 Å². The molecule has 6 nitrogen and oxygen atoms in total. The summed E-state index contributed by atoms with van der Waals surface area (Å²) in [6.45, 7) is 1.14. The van der Waals surface area contributed by atoms with Crippen molar-refractivity contribution in [1.82, 2.24) is 5.32 Å². The van der Waals surface area contributed by atoms with E-state index in [1.54, 1.807) is 24.3 Å². The second kappa shape index (κ2) is 9.96. The molecule has 0 saturated heterocycles. The van der Waals surface area contributed by atoms with Gasteiger partial charge in [0.25, 0.3) is 0 Å². The number of rotatable bonds is 6. The van der Waals surface area contributed by atoms with Crippen LogP contribution in [-0.4, -0.2) is 39.0 Å². The third-order valence-electron chi connectivity index (χ3n) is 5.88. The fraction of sp³-hybridized carbons (Fsp3) is 0.231. The van der Waals surface area contributed by atoms with Gasteiger partial charge in [-0.2, -0.15) is 0 Å². The monoisotopic (exact) mass is 462 g/mol. The molecule has 4 rings (SSSR count). The molecular formula is C26H27ClN4O2. The van der Waals surface area contributed by atoms with E-state index in [1.807, 2.05) is 31.1 Å². The Balaban J connectivity index is 1.52. The average Bonchev–Trinajstić information content (AvgIpc) is 3.25. The molecule has 170 valence electrons. The second-order valence-electron chi connectivity index (χ2n) is 8.22. The largest absolute Gasteiger partial charge is 0.378 e. The van der Waals surface area contributed by atoms with Gasteiger partial charge in [0, 0.05) is 38.6 Å². The van der Waals surface area contributed by atoms with Gasteiger partial charge in [0.05, 0.1) is 16.8 Å². The van der Waals surface area contributed by atoms with E-state index in [1.165, 1.54) is 5.56 Å². The van der Waals surface area contributed by atoms with Crippen LogP contribution in [0.25, 0.3) is 0 Å². The van der Waals surface area contributed by atoms with E-state index in [0.717, 1.165) is 29.9 Å². The Bertz CT molecular complexity index is 1150. The molecule has 0 radical (unpaired) electrons. The molecule has 0 aromatic heterocycles. The average molecular weight is 463 g/mol. The van der Waals surface area contributed by atoms with Gasteiger partial charge in [0.1, 0.15) is 0 Å². The van der Waals surface area contributed by atoms with E-state index in [0.29, 0.717) is 17.3 Å². The van der Waals surface area contributed by atoms with Crippen LogP contribution in [0.2, 0.25) is 5.02 Å². The number of hydrogen-bond donors (Lipinski definition) is 2. The van der Waals surface area contributed by atoms with E-state index in [4.69, 9.17) is 11.6 Å². The number of halogens is 1. The van der Waals surface area contributed by atoms with Crippen molar-refractivity contribution >= 4 is 40.5 Å². The van der Waals surface area contributed by atoms with Crippen molar-refractivity contribution in [2.75, 3.05) is 42.3 Å². The summed E-state index contributed by atoms with van der Waals surface area (Å²) in [6.07, 6.45) is 0.948. The summed E-state index contributed by atoms with van der Waals surface area (Å²) >= 11 is 6.09. The second-order valence-corrected chi connectivity index (χ2v) is 8.63. The Morgan fingerprint density at radius 1 is 0.970 bits per heavy atom. The number of benzene rings is 3. The Kier molecular flexibility index (Phi) is 6.84. The SMILES string of the molecule is CN(C)c1ccc(C(CNC(=O)C(=O)Nc2ccccc2Cl)N2CCc3ccccc32)cc1. The third kappa shape index (κ3) is 5.12. The van der Waals surface area contributed by atoms with Crippen molar-refractivity contribution < 1.29 is 9.59 Å². The molecule has 2 N–H and O–H groups in total. The number of hydrogen-bond acceptors (Lipinski definition) is 4. The zero-order valence-corrected chi connectivity index (χ0v) is 19.5. The zero-order chi connectivity index (χ0) is 23.4. The predicted molar refractivity (Wildman–Crippen MR) is 134 cm³/mol. The van der Waals surface area contributed by atoms with Crippen LogP contribution in [0.15, 0.2) is 72.8 Å². The van der Waals surface area contributed by atoms with Gasteiger partial charge in [-0.3, -0.25) is 9.59 Å². The highest BCUT2D eigenvalue weighted by Crippen LogP contribution is 2.35. The summed E-state index contributed by atoms with van der Waals surface area (Å²) in [5, 5.41) is 5.78. The van der Waals surface area contributed by atoms with Crippen molar-refractivity contribution in [3.8, 4) is 0 Å². The molecule has 0 spiro atoms. The number of anilines is 3. The number of fused-ring (bicyclic) bond motifs is 1. The molecule has 1 unspecified atom stereocenters. The van der Waals surface area contributed by atoms with Crippen molar-refractivity contribution in [1.29, 1.82) is 0 Å². The fourth-order valence-corrected chi connectivity index (χ4v) is 4.28. The Hall–Kier alpha value is -3.51. The Morgan fingerprint density at radius 2 is 1.67 bits per heavy atom. The number of nitrogens with one attached hydrogen (secondary N) is 2. The first kappa shape index (κ1) is 22.7. The molecule has 3 aromatic carbocycles. The third-order valence-corrected chi connectivity index (χ3v) is 6.21. The molecule has 1 heterocycles. The van der Waals surface area contributed by atoms with E-state index < -0.39 is 11.8 Å². The molecule has 0 bridgehead atoms. The number of carbonyl (C=O) groups is 2. The zero-order valence-electron chi connectivity index (χ0n) is 18.7. The van der Waals surface area contributed by atoms with Crippen molar-refractivity contribution in [2.24, 2.45) is 0 Å². The van der Waals surface area contributed by atoms with Gasteiger partial charge in [-0.05, 0) is 47.9 Å². The van der Waals surface area contributed by atoms with Crippen LogP contribution in [-0.2, 0) is 16.0 Å². The number of carbonyl (C=O) groups excluding carboxylic acids is 2. The molecule has 1 aliphatic rings. The van der Waals surface area contributed by atoms with E-state index in [-0.39, 0.29) is 6.04 Å². The summed E-state index contributed by atoms with van der Waals surface area (Å²) in [5.41, 5.74) is 5.03. The summed E-state index contributed by atoms with van der Waals surface area (Å²) in [6, 6.07) is 23.3. The fourth-order valence-electron chi connectivity index (χ4n) is 4.10. The van der Waals surface area contributed by atoms with Gasteiger partial charge >= 0.3 is 11.8 Å². The molecule has 0 aliphatic carbocycles. The topological polar surface area (TPSA) is 64.7 Å². The summed E-state index contributed by atoms with van der Waals surface area (Å²) in [5.74, 6) is -1.44. The minimum atomic E-state index is -0.744. The quantitative estimate of drug-likeness (QED) is 0.537. The molecule has 0 fully saturated rings. The lowest BCUT2D eigenvalue weighted by molar-refractivity contribution is -0.136. The van der Waals surface area contributed by atoms with Crippen molar-refractivity contribution in [3.63, 3.8) is 0 Å². The molecule has 3 aromatic rings. The van der Waals surface area contributed by atoms with Crippen LogP contribution < -0.4 is 20.4 Å². The maximum Gasteiger partial charge on any atom is 0.313 e. The smallest absolute Gasteiger partial charge is 0.313 e. The molecule has 2 amide bonds. The van der Waals surface area contributed by atoms with E-state index in [9.17, 15) is 9.59 Å². The molecule has 0 saturated carbocycles. The van der Waals surface area contributed by atoms with Crippen LogP contribution in [0.5, 0.6) is 0 Å². The van der Waals surface area contributed by atoms with Crippen molar-refractivity contribution in [3.05, 3.63) is 88.9 Å². The highest BCUT2D eigenvalue weighted by Gasteiger charge is 2.28. The first-order chi connectivity index (χ1) is 15.9. The lowest BCUT2D eigenvalue weighted by Gasteiger charge is -2.31. The van der Waals surface area contributed by atoms with Crippen molar-refractivity contribution in [2.45, 2.75) is 12.5 Å². The van der Waals surface area contributed by atoms with Gasteiger partial charge in [-0.1, -0.05) is 54.1 Å². The molecule has 33 heavy (non-hydrogen) atoms. The number of para-hydroxylation sites is 2. The van der Waals surface area contributed by atoms with Crippen LogP contribution in [0.3, 0.4) is 0 Å².